The zero-order valence-corrected chi connectivity index (χ0v) is 15.2. The molecule has 0 aliphatic rings. The number of amides is 2. The van der Waals surface area contributed by atoms with Gasteiger partial charge < -0.3 is 10.4 Å². The number of carbonyl (C=O) groups excluding carboxylic acids is 2. The van der Waals surface area contributed by atoms with Gasteiger partial charge >= 0.3 is 0 Å². The van der Waals surface area contributed by atoms with E-state index in [1.807, 2.05) is 19.1 Å². The molecule has 3 rings (SSSR count). The summed E-state index contributed by atoms with van der Waals surface area (Å²) in [7, 11) is 0. The van der Waals surface area contributed by atoms with Crippen molar-refractivity contribution in [3.05, 3.63) is 95.1 Å². The average molecular weight is 373 g/mol. The number of aromatic hydroxyl groups is 1. The van der Waals surface area contributed by atoms with E-state index in [9.17, 15) is 14.7 Å². The number of nitrogens with zero attached hydrogens (tertiary/aromatic N) is 1. The van der Waals surface area contributed by atoms with Gasteiger partial charge in [-0.05, 0) is 55.5 Å². The van der Waals surface area contributed by atoms with Crippen molar-refractivity contribution in [2.24, 2.45) is 5.10 Å². The van der Waals surface area contributed by atoms with E-state index >= 15 is 0 Å². The summed E-state index contributed by atoms with van der Waals surface area (Å²) >= 11 is 0. The van der Waals surface area contributed by atoms with Gasteiger partial charge in [-0.3, -0.25) is 9.59 Å². The van der Waals surface area contributed by atoms with Crippen molar-refractivity contribution in [3.8, 4) is 5.75 Å². The van der Waals surface area contributed by atoms with E-state index in [4.69, 9.17) is 0 Å². The van der Waals surface area contributed by atoms with E-state index in [1.165, 1.54) is 12.3 Å². The van der Waals surface area contributed by atoms with Gasteiger partial charge in [0.05, 0.1) is 6.21 Å². The van der Waals surface area contributed by atoms with Gasteiger partial charge in [0.25, 0.3) is 11.8 Å². The van der Waals surface area contributed by atoms with Crippen LogP contribution in [0.1, 0.15) is 31.8 Å². The molecule has 0 spiro atoms. The molecule has 0 fully saturated rings. The van der Waals surface area contributed by atoms with Crippen LogP contribution in [0.15, 0.2) is 77.9 Å². The van der Waals surface area contributed by atoms with Crippen molar-refractivity contribution in [2.75, 3.05) is 5.32 Å². The molecule has 0 bridgehead atoms. The molecule has 2 amide bonds. The van der Waals surface area contributed by atoms with Gasteiger partial charge in [-0.1, -0.05) is 29.8 Å². The molecule has 0 unspecified atom stereocenters. The Bertz CT molecular complexity index is 1030. The first-order valence-electron chi connectivity index (χ1n) is 8.62. The zero-order valence-electron chi connectivity index (χ0n) is 15.2. The molecule has 0 aliphatic heterocycles. The number of phenols is 1. The molecule has 3 N–H and O–H groups in total. The number of hydrogen-bond donors (Lipinski definition) is 3. The normalized spacial score (nSPS) is 10.6. The lowest BCUT2D eigenvalue weighted by atomic mass is 10.1. The van der Waals surface area contributed by atoms with Gasteiger partial charge in [0, 0.05) is 22.4 Å². The number of rotatable bonds is 5. The summed E-state index contributed by atoms with van der Waals surface area (Å²) < 4.78 is 0. The summed E-state index contributed by atoms with van der Waals surface area (Å²) in [6.07, 6.45) is 1.36. The number of aryl methyl sites for hydroxylation is 1. The van der Waals surface area contributed by atoms with Crippen LogP contribution in [0.3, 0.4) is 0 Å². The number of hydrogen-bond acceptors (Lipinski definition) is 4. The predicted octanol–water partition coefficient (Wildman–Crippen LogP) is 3.72. The van der Waals surface area contributed by atoms with Crippen molar-refractivity contribution < 1.29 is 14.7 Å². The molecular weight excluding hydrogens is 354 g/mol. The fraction of sp³-hybridized carbons (Fsp3) is 0.0455. The van der Waals surface area contributed by atoms with E-state index in [2.05, 4.69) is 15.8 Å². The second-order valence-electron chi connectivity index (χ2n) is 6.16. The van der Waals surface area contributed by atoms with Gasteiger partial charge in [-0.15, -0.1) is 0 Å². The van der Waals surface area contributed by atoms with Gasteiger partial charge in [-0.25, -0.2) is 5.43 Å². The molecule has 140 valence electrons. The minimum atomic E-state index is -0.400. The maximum Gasteiger partial charge on any atom is 0.271 e. The largest absolute Gasteiger partial charge is 0.507 e. The molecule has 28 heavy (non-hydrogen) atoms. The Morgan fingerprint density at radius 3 is 2.36 bits per heavy atom. The SMILES string of the molecule is Cc1cccc(C(=O)Nc2ccc(C(=O)NN=Cc3ccccc3O)cc2)c1. The zero-order chi connectivity index (χ0) is 19.9. The second kappa shape index (κ2) is 8.64. The molecule has 0 radical (unpaired) electrons. The maximum atomic E-state index is 12.3. The Morgan fingerprint density at radius 2 is 1.64 bits per heavy atom. The van der Waals surface area contributed by atoms with Crippen LogP contribution in [0, 0.1) is 6.92 Å². The van der Waals surface area contributed by atoms with Crippen LogP contribution >= 0.6 is 0 Å². The first-order valence-corrected chi connectivity index (χ1v) is 8.62. The molecule has 0 aliphatic carbocycles. The van der Waals surface area contributed by atoms with E-state index in [0.29, 0.717) is 22.4 Å². The molecule has 0 saturated carbocycles. The molecule has 3 aromatic rings. The van der Waals surface area contributed by atoms with E-state index < -0.39 is 5.91 Å². The van der Waals surface area contributed by atoms with E-state index in [0.717, 1.165) is 5.56 Å². The first-order chi connectivity index (χ1) is 13.5. The molecule has 0 aromatic heterocycles. The van der Waals surface area contributed by atoms with Crippen LogP contribution in [-0.2, 0) is 0 Å². The monoisotopic (exact) mass is 373 g/mol. The lowest BCUT2D eigenvalue weighted by Gasteiger charge is -2.07. The van der Waals surface area contributed by atoms with Gasteiger partial charge in [0.2, 0.25) is 0 Å². The average Bonchev–Trinajstić information content (AvgIpc) is 2.70. The quantitative estimate of drug-likeness (QED) is 0.470. The third-order valence-electron chi connectivity index (χ3n) is 3.99. The Hall–Kier alpha value is -3.93. The highest BCUT2D eigenvalue weighted by Gasteiger charge is 2.08. The summed E-state index contributed by atoms with van der Waals surface area (Å²) in [5, 5.41) is 16.3. The predicted molar refractivity (Wildman–Crippen MR) is 109 cm³/mol. The topological polar surface area (TPSA) is 90.8 Å². The van der Waals surface area contributed by atoms with Gasteiger partial charge in [-0.2, -0.15) is 5.10 Å². The Balaban J connectivity index is 1.60. The Kier molecular flexibility index (Phi) is 5.81. The summed E-state index contributed by atoms with van der Waals surface area (Å²) in [5.74, 6) is -0.536. The van der Waals surface area contributed by atoms with Crippen LogP contribution in [0.5, 0.6) is 5.75 Å². The van der Waals surface area contributed by atoms with Crippen LogP contribution in [0.2, 0.25) is 0 Å². The van der Waals surface area contributed by atoms with Crippen molar-refractivity contribution >= 4 is 23.7 Å². The highest BCUT2D eigenvalue weighted by atomic mass is 16.3. The standard InChI is InChI=1S/C22H19N3O3/c1-15-5-4-7-17(13-15)21(27)24-19-11-9-16(10-12-19)22(28)25-23-14-18-6-2-3-8-20(18)26/h2-14,26H,1H3,(H,24,27)(H,25,28). The minimum Gasteiger partial charge on any atom is -0.507 e. The fourth-order valence-corrected chi connectivity index (χ4v) is 2.52. The molecular formula is C22H19N3O3. The molecule has 0 saturated heterocycles. The number of para-hydroxylation sites is 1. The summed E-state index contributed by atoms with van der Waals surface area (Å²) in [4.78, 5) is 24.4. The summed E-state index contributed by atoms with van der Waals surface area (Å²) in [6, 6.07) is 20.4. The summed E-state index contributed by atoms with van der Waals surface area (Å²) in [6.45, 7) is 1.92. The number of anilines is 1. The van der Waals surface area contributed by atoms with Crippen molar-refractivity contribution in [2.45, 2.75) is 6.92 Å². The smallest absolute Gasteiger partial charge is 0.271 e. The second-order valence-corrected chi connectivity index (χ2v) is 6.16. The molecule has 6 heteroatoms. The summed E-state index contributed by atoms with van der Waals surface area (Å²) in [5.41, 5.74) is 5.45. The Labute approximate surface area is 162 Å². The number of nitrogens with one attached hydrogen (secondary N) is 2. The molecule has 0 atom stereocenters. The minimum absolute atomic E-state index is 0.0780. The molecule has 6 nitrogen and oxygen atoms in total. The van der Waals surface area contributed by atoms with Crippen LogP contribution in [0.4, 0.5) is 5.69 Å². The van der Waals surface area contributed by atoms with Crippen molar-refractivity contribution in [1.29, 1.82) is 0 Å². The molecule has 3 aromatic carbocycles. The van der Waals surface area contributed by atoms with Crippen LogP contribution in [-0.4, -0.2) is 23.1 Å². The number of phenolic OH excluding ortho intramolecular Hbond substituents is 1. The highest BCUT2D eigenvalue weighted by molar-refractivity contribution is 6.04. The third-order valence-corrected chi connectivity index (χ3v) is 3.99. The maximum absolute atomic E-state index is 12.3. The van der Waals surface area contributed by atoms with Crippen LogP contribution in [0.25, 0.3) is 0 Å². The van der Waals surface area contributed by atoms with Gasteiger partial charge in [0.1, 0.15) is 5.75 Å². The lowest BCUT2D eigenvalue weighted by Crippen LogP contribution is -2.18. The number of carbonyl (C=O) groups is 2. The van der Waals surface area contributed by atoms with Crippen molar-refractivity contribution in [1.82, 2.24) is 5.43 Å². The van der Waals surface area contributed by atoms with Crippen LogP contribution < -0.4 is 10.7 Å². The highest BCUT2D eigenvalue weighted by Crippen LogP contribution is 2.14. The van der Waals surface area contributed by atoms with E-state index in [-0.39, 0.29) is 11.7 Å². The van der Waals surface area contributed by atoms with E-state index in [1.54, 1.807) is 54.6 Å². The third kappa shape index (κ3) is 4.82. The first kappa shape index (κ1) is 18.8. The number of hydrazone groups is 1. The fourth-order valence-electron chi connectivity index (χ4n) is 2.52. The number of benzene rings is 3. The van der Waals surface area contributed by atoms with Crippen molar-refractivity contribution in [3.63, 3.8) is 0 Å². The Morgan fingerprint density at radius 1 is 0.893 bits per heavy atom. The molecule has 0 heterocycles. The van der Waals surface area contributed by atoms with Gasteiger partial charge in [0.15, 0.2) is 0 Å². The lowest BCUT2D eigenvalue weighted by molar-refractivity contribution is 0.0954.